The van der Waals surface area contributed by atoms with Gasteiger partial charge in [-0.05, 0) is 41.1 Å². The zero-order valence-electron chi connectivity index (χ0n) is 15.3. The Morgan fingerprint density at radius 2 is 1.75 bits per heavy atom. The molecule has 0 saturated carbocycles. The van der Waals surface area contributed by atoms with Crippen LogP contribution >= 0.6 is 15.9 Å². The monoisotopic (exact) mass is 467 g/mol. The fraction of sp³-hybridized carbons (Fsp3) is 0.167. The van der Waals surface area contributed by atoms with E-state index in [1.54, 1.807) is 37.4 Å². The van der Waals surface area contributed by atoms with E-state index in [1.165, 1.54) is 30.9 Å². The molecule has 0 unspecified atom stereocenters. The number of benzene rings is 2. The smallest absolute Gasteiger partial charge is 0.330 e. The largest absolute Gasteiger partial charge is 0.493 e. The second-order valence-electron chi connectivity index (χ2n) is 5.83. The molecule has 0 radical (unpaired) electrons. The van der Waals surface area contributed by atoms with Crippen LogP contribution in [-0.2, 0) is 10.0 Å². The van der Waals surface area contributed by atoms with Gasteiger partial charge in [-0.2, -0.15) is 0 Å². The van der Waals surface area contributed by atoms with Gasteiger partial charge in [-0.25, -0.2) is 13.2 Å². The average molecular weight is 468 g/mol. The second-order valence-corrected chi connectivity index (χ2v) is 8.34. The molecule has 28 heavy (non-hydrogen) atoms. The van der Waals surface area contributed by atoms with Gasteiger partial charge in [0.15, 0.2) is 11.5 Å². The van der Waals surface area contributed by atoms with Crippen LogP contribution in [0.3, 0.4) is 0 Å². The van der Waals surface area contributed by atoms with E-state index in [-0.39, 0.29) is 22.0 Å². The molecule has 0 amide bonds. The number of hydrogen-bond donors (Lipinski definition) is 2. The summed E-state index contributed by atoms with van der Waals surface area (Å²) in [5.74, 6) is 0.667. The first-order valence-electron chi connectivity index (χ1n) is 8.09. The number of halogens is 1. The first-order chi connectivity index (χ1) is 13.3. The Morgan fingerprint density at radius 3 is 2.36 bits per heavy atom. The number of anilines is 1. The number of rotatable bonds is 6. The predicted molar refractivity (Wildman–Crippen MR) is 109 cm³/mol. The summed E-state index contributed by atoms with van der Waals surface area (Å²) in [4.78, 5) is 14.7. The normalized spacial score (nSPS) is 11.3. The predicted octanol–water partition coefficient (Wildman–Crippen LogP) is 3.05. The van der Waals surface area contributed by atoms with Crippen molar-refractivity contribution in [2.24, 2.45) is 0 Å². The number of methoxy groups -OCH3 is 2. The van der Waals surface area contributed by atoms with Gasteiger partial charge in [0.05, 0.1) is 25.6 Å². The molecule has 1 heterocycles. The van der Waals surface area contributed by atoms with Crippen molar-refractivity contribution in [3.8, 4) is 17.2 Å². The molecule has 0 bridgehead atoms. The van der Waals surface area contributed by atoms with Crippen LogP contribution in [0.1, 0.15) is 5.69 Å². The van der Waals surface area contributed by atoms with E-state index in [2.05, 4.69) is 25.6 Å². The number of aromatic amines is 1. The van der Waals surface area contributed by atoms with E-state index in [9.17, 15) is 13.2 Å². The van der Waals surface area contributed by atoms with Gasteiger partial charge in [-0.3, -0.25) is 9.29 Å². The third kappa shape index (κ3) is 3.65. The van der Waals surface area contributed by atoms with Crippen molar-refractivity contribution >= 4 is 31.6 Å². The summed E-state index contributed by atoms with van der Waals surface area (Å²) in [5, 5.41) is 0. The maximum absolute atomic E-state index is 13.0. The standard InChI is InChI=1S/C18H18BrN3O5S/c1-11-10-20-18(23)22(11)14-7-5-4-6-13(14)21-28(24,25)17-9-16(27-3)15(26-2)8-12(17)19/h4-10,21H,1-3H3,(H,20,23). The summed E-state index contributed by atoms with van der Waals surface area (Å²) >= 11 is 3.27. The van der Waals surface area contributed by atoms with E-state index in [4.69, 9.17) is 9.47 Å². The van der Waals surface area contributed by atoms with Gasteiger partial charge < -0.3 is 14.5 Å². The molecule has 0 spiro atoms. The quantitative estimate of drug-likeness (QED) is 0.579. The molecule has 148 valence electrons. The molecule has 3 rings (SSSR count). The molecule has 0 saturated heterocycles. The Hall–Kier alpha value is -2.72. The summed E-state index contributed by atoms with van der Waals surface area (Å²) in [6.45, 7) is 1.74. The molecule has 0 aliphatic rings. The SMILES string of the molecule is COc1cc(Br)c(S(=O)(=O)Nc2ccccc2-n2c(C)c[nH]c2=O)cc1OC. The molecule has 0 aliphatic heterocycles. The molecule has 0 fully saturated rings. The Labute approximate surface area is 170 Å². The zero-order chi connectivity index (χ0) is 20.5. The fourth-order valence-corrected chi connectivity index (χ4v) is 4.86. The number of ether oxygens (including phenoxy) is 2. The minimum absolute atomic E-state index is 0.0295. The van der Waals surface area contributed by atoms with Gasteiger partial charge in [0.1, 0.15) is 4.90 Å². The van der Waals surface area contributed by atoms with Crippen molar-refractivity contribution in [1.82, 2.24) is 9.55 Å². The van der Waals surface area contributed by atoms with Crippen molar-refractivity contribution in [3.05, 3.63) is 63.2 Å². The van der Waals surface area contributed by atoms with Crippen LogP contribution in [0.25, 0.3) is 5.69 Å². The third-order valence-electron chi connectivity index (χ3n) is 4.08. The van der Waals surface area contributed by atoms with Crippen molar-refractivity contribution in [2.45, 2.75) is 11.8 Å². The van der Waals surface area contributed by atoms with Crippen LogP contribution in [-0.4, -0.2) is 32.2 Å². The summed E-state index contributed by atoms with van der Waals surface area (Å²) in [7, 11) is -1.11. The lowest BCUT2D eigenvalue weighted by Gasteiger charge is -2.16. The van der Waals surface area contributed by atoms with E-state index in [0.717, 1.165) is 0 Å². The Balaban J connectivity index is 2.09. The van der Waals surface area contributed by atoms with Gasteiger partial charge in [0.2, 0.25) is 0 Å². The number of nitrogens with one attached hydrogen (secondary N) is 2. The number of hydrogen-bond acceptors (Lipinski definition) is 5. The Bertz CT molecular complexity index is 1180. The summed E-state index contributed by atoms with van der Waals surface area (Å²) in [6.07, 6.45) is 1.55. The Morgan fingerprint density at radius 1 is 1.11 bits per heavy atom. The lowest BCUT2D eigenvalue weighted by atomic mass is 10.2. The zero-order valence-corrected chi connectivity index (χ0v) is 17.7. The molecular weight excluding hydrogens is 450 g/mol. The topological polar surface area (TPSA) is 102 Å². The summed E-state index contributed by atoms with van der Waals surface area (Å²) < 4.78 is 40.7. The van der Waals surface area contributed by atoms with E-state index in [1.807, 2.05) is 0 Å². The van der Waals surface area contributed by atoms with Crippen molar-refractivity contribution < 1.29 is 17.9 Å². The molecule has 2 N–H and O–H groups in total. The van der Waals surface area contributed by atoms with E-state index < -0.39 is 10.0 Å². The first-order valence-corrected chi connectivity index (χ1v) is 10.4. The Kier molecular flexibility index (Phi) is 5.52. The fourth-order valence-electron chi connectivity index (χ4n) is 2.75. The van der Waals surface area contributed by atoms with Crippen LogP contribution in [0.4, 0.5) is 5.69 Å². The molecule has 3 aromatic rings. The maximum Gasteiger partial charge on any atom is 0.330 e. The number of aromatic nitrogens is 2. The maximum atomic E-state index is 13.0. The van der Waals surface area contributed by atoms with Gasteiger partial charge >= 0.3 is 5.69 Å². The molecule has 1 aromatic heterocycles. The number of nitrogens with zero attached hydrogens (tertiary/aromatic N) is 1. The van der Waals surface area contributed by atoms with E-state index in [0.29, 0.717) is 21.6 Å². The van der Waals surface area contributed by atoms with Crippen LogP contribution in [0.2, 0.25) is 0 Å². The number of H-pyrrole nitrogens is 1. The number of para-hydroxylation sites is 2. The van der Waals surface area contributed by atoms with Crippen LogP contribution in [0.15, 0.2) is 56.8 Å². The lowest BCUT2D eigenvalue weighted by molar-refractivity contribution is 0.353. The highest BCUT2D eigenvalue weighted by Crippen LogP contribution is 2.36. The van der Waals surface area contributed by atoms with Gasteiger partial charge in [0, 0.05) is 22.4 Å². The average Bonchev–Trinajstić information content (AvgIpc) is 2.99. The number of aryl methyl sites for hydroxylation is 1. The number of sulfonamides is 1. The van der Waals surface area contributed by atoms with Crippen molar-refractivity contribution in [2.75, 3.05) is 18.9 Å². The third-order valence-corrected chi connectivity index (χ3v) is 6.40. The first kappa shape index (κ1) is 20.0. The van der Waals surface area contributed by atoms with Crippen molar-refractivity contribution in [1.29, 1.82) is 0 Å². The molecule has 2 aromatic carbocycles. The second kappa shape index (κ2) is 7.72. The molecule has 0 atom stereocenters. The molecular formula is C18H18BrN3O5S. The molecule has 10 heteroatoms. The number of imidazole rings is 1. The minimum Gasteiger partial charge on any atom is -0.493 e. The van der Waals surface area contributed by atoms with Gasteiger partial charge in [-0.15, -0.1) is 0 Å². The highest BCUT2D eigenvalue weighted by atomic mass is 79.9. The minimum atomic E-state index is -4.00. The highest BCUT2D eigenvalue weighted by Gasteiger charge is 2.23. The van der Waals surface area contributed by atoms with Gasteiger partial charge in [-0.1, -0.05) is 12.1 Å². The van der Waals surface area contributed by atoms with Gasteiger partial charge in [0.25, 0.3) is 10.0 Å². The van der Waals surface area contributed by atoms with Crippen molar-refractivity contribution in [3.63, 3.8) is 0 Å². The molecule has 0 aliphatic carbocycles. The van der Waals surface area contributed by atoms with Crippen LogP contribution in [0.5, 0.6) is 11.5 Å². The highest BCUT2D eigenvalue weighted by molar-refractivity contribution is 9.10. The van der Waals surface area contributed by atoms with Crippen LogP contribution in [0, 0.1) is 6.92 Å². The van der Waals surface area contributed by atoms with E-state index >= 15 is 0 Å². The summed E-state index contributed by atoms with van der Waals surface area (Å²) in [6, 6.07) is 9.52. The lowest BCUT2D eigenvalue weighted by Crippen LogP contribution is -2.20. The van der Waals surface area contributed by atoms with Crippen LogP contribution < -0.4 is 19.9 Å². The summed E-state index contributed by atoms with van der Waals surface area (Å²) in [5.41, 5.74) is 0.945. The molecule has 8 nitrogen and oxygen atoms in total.